The van der Waals surface area contributed by atoms with Crippen LogP contribution in [0, 0.1) is 0 Å². The van der Waals surface area contributed by atoms with E-state index in [-0.39, 0.29) is 5.54 Å². The summed E-state index contributed by atoms with van der Waals surface area (Å²) in [6, 6.07) is 5.71. The summed E-state index contributed by atoms with van der Waals surface area (Å²) < 4.78 is 0.917. The van der Waals surface area contributed by atoms with Crippen molar-refractivity contribution >= 4 is 15.9 Å². The molecule has 2 N–H and O–H groups in total. The molecule has 1 heterocycles. The number of phenols is 1. The smallest absolute Gasteiger partial charge is 0.121 e. The van der Waals surface area contributed by atoms with Crippen molar-refractivity contribution in [3.63, 3.8) is 0 Å². The van der Waals surface area contributed by atoms with E-state index in [1.807, 2.05) is 12.1 Å². The summed E-state index contributed by atoms with van der Waals surface area (Å²) in [5.74, 6) is 0.372. The van der Waals surface area contributed by atoms with Crippen molar-refractivity contribution < 1.29 is 5.11 Å². The molecule has 1 unspecified atom stereocenters. The molecule has 1 aromatic carbocycles. The molecule has 0 amide bonds. The Morgan fingerprint density at radius 3 is 2.86 bits per heavy atom. The van der Waals surface area contributed by atoms with E-state index in [2.05, 4.69) is 28.2 Å². The van der Waals surface area contributed by atoms with Crippen LogP contribution in [0.2, 0.25) is 0 Å². The van der Waals surface area contributed by atoms with Crippen LogP contribution in [0.25, 0.3) is 0 Å². The van der Waals surface area contributed by atoms with Gasteiger partial charge in [0.1, 0.15) is 5.75 Å². The Hall–Kier alpha value is -0.540. The first-order valence-electron chi connectivity index (χ1n) is 4.86. The number of hydrogen-bond acceptors (Lipinski definition) is 2. The number of rotatable bonds is 1. The van der Waals surface area contributed by atoms with E-state index in [4.69, 9.17) is 0 Å². The summed E-state index contributed by atoms with van der Waals surface area (Å²) in [5, 5.41) is 13.3. The van der Waals surface area contributed by atoms with Gasteiger partial charge in [-0.2, -0.15) is 0 Å². The van der Waals surface area contributed by atoms with Gasteiger partial charge in [-0.05, 0) is 38.4 Å². The van der Waals surface area contributed by atoms with Crippen LogP contribution in [0.5, 0.6) is 5.75 Å². The van der Waals surface area contributed by atoms with Gasteiger partial charge in [0.2, 0.25) is 0 Å². The number of benzene rings is 1. The zero-order chi connectivity index (χ0) is 10.2. The quantitative estimate of drug-likeness (QED) is 0.809. The molecule has 0 radical (unpaired) electrons. The minimum atomic E-state index is -0.0508. The molecule has 1 saturated heterocycles. The lowest BCUT2D eigenvalue weighted by atomic mass is 9.90. The van der Waals surface area contributed by atoms with E-state index >= 15 is 0 Å². The van der Waals surface area contributed by atoms with Gasteiger partial charge < -0.3 is 10.4 Å². The summed E-state index contributed by atoms with van der Waals surface area (Å²) in [4.78, 5) is 0. The third kappa shape index (κ3) is 1.66. The Morgan fingerprint density at radius 2 is 2.29 bits per heavy atom. The highest BCUT2D eigenvalue weighted by Crippen LogP contribution is 2.36. The predicted octanol–water partition coefficient (Wildman–Crippen LogP) is 2.75. The fourth-order valence-electron chi connectivity index (χ4n) is 2.10. The third-order valence-electron chi connectivity index (χ3n) is 2.92. The van der Waals surface area contributed by atoms with Crippen molar-refractivity contribution in [2.75, 3.05) is 6.54 Å². The number of nitrogens with one attached hydrogen (secondary N) is 1. The molecule has 1 fully saturated rings. The van der Waals surface area contributed by atoms with Crippen LogP contribution in [0.4, 0.5) is 0 Å². The molecular weight excluding hydrogens is 242 g/mol. The normalized spacial score (nSPS) is 26.7. The van der Waals surface area contributed by atoms with E-state index in [0.717, 1.165) is 23.0 Å². The zero-order valence-electron chi connectivity index (χ0n) is 8.18. The zero-order valence-corrected chi connectivity index (χ0v) is 9.76. The van der Waals surface area contributed by atoms with Crippen LogP contribution in [0.3, 0.4) is 0 Å². The molecule has 0 saturated carbocycles. The number of hydrogen-bond donors (Lipinski definition) is 2. The molecule has 0 spiro atoms. The lowest BCUT2D eigenvalue weighted by Crippen LogP contribution is -2.33. The molecule has 1 aliphatic rings. The first kappa shape index (κ1) is 9.99. The van der Waals surface area contributed by atoms with Gasteiger partial charge in [-0.25, -0.2) is 0 Å². The fourth-order valence-corrected chi connectivity index (χ4v) is 2.44. The molecule has 0 bridgehead atoms. The summed E-state index contributed by atoms with van der Waals surface area (Å²) in [6.07, 6.45) is 2.26. The molecule has 2 rings (SSSR count). The summed E-state index contributed by atoms with van der Waals surface area (Å²) in [7, 11) is 0. The molecule has 76 valence electrons. The van der Waals surface area contributed by atoms with Gasteiger partial charge in [-0.1, -0.05) is 22.0 Å². The highest BCUT2D eigenvalue weighted by molar-refractivity contribution is 9.10. The Kier molecular flexibility index (Phi) is 2.54. The molecule has 1 aromatic rings. The van der Waals surface area contributed by atoms with Crippen LogP contribution >= 0.6 is 15.9 Å². The second-order valence-corrected chi connectivity index (χ2v) is 4.94. The van der Waals surface area contributed by atoms with Gasteiger partial charge in [0, 0.05) is 15.6 Å². The minimum Gasteiger partial charge on any atom is -0.508 e. The third-order valence-corrected chi connectivity index (χ3v) is 3.42. The lowest BCUT2D eigenvalue weighted by Gasteiger charge is -2.25. The topological polar surface area (TPSA) is 32.3 Å². The molecule has 1 aliphatic heterocycles. The highest BCUT2D eigenvalue weighted by Gasteiger charge is 2.32. The second kappa shape index (κ2) is 3.55. The Morgan fingerprint density at radius 1 is 1.50 bits per heavy atom. The van der Waals surface area contributed by atoms with Gasteiger partial charge >= 0.3 is 0 Å². The first-order valence-corrected chi connectivity index (χ1v) is 5.65. The van der Waals surface area contributed by atoms with E-state index in [1.165, 1.54) is 6.42 Å². The molecule has 3 heteroatoms. The predicted molar refractivity (Wildman–Crippen MR) is 60.4 cm³/mol. The summed E-state index contributed by atoms with van der Waals surface area (Å²) in [6.45, 7) is 3.18. The van der Waals surface area contributed by atoms with Crippen LogP contribution in [0.1, 0.15) is 25.3 Å². The number of aromatic hydroxyl groups is 1. The van der Waals surface area contributed by atoms with Crippen molar-refractivity contribution in [1.29, 1.82) is 0 Å². The van der Waals surface area contributed by atoms with Crippen molar-refractivity contribution in [3.8, 4) is 5.75 Å². The summed E-state index contributed by atoms with van der Waals surface area (Å²) >= 11 is 3.34. The Labute approximate surface area is 92.5 Å². The van der Waals surface area contributed by atoms with Crippen LogP contribution in [-0.2, 0) is 5.54 Å². The van der Waals surface area contributed by atoms with Crippen molar-refractivity contribution in [3.05, 3.63) is 28.2 Å². The maximum absolute atomic E-state index is 9.85. The SMILES string of the molecule is CC1(c2ccc(Br)cc2O)CCCN1. The monoisotopic (exact) mass is 255 g/mol. The van der Waals surface area contributed by atoms with E-state index < -0.39 is 0 Å². The average Bonchev–Trinajstić information content (AvgIpc) is 2.52. The molecule has 0 aliphatic carbocycles. The first-order chi connectivity index (χ1) is 6.62. The fraction of sp³-hybridized carbons (Fsp3) is 0.455. The van der Waals surface area contributed by atoms with Gasteiger partial charge in [0.15, 0.2) is 0 Å². The molecule has 14 heavy (non-hydrogen) atoms. The molecule has 0 aromatic heterocycles. The number of phenolic OH excluding ortho intramolecular Hbond substituents is 1. The molecule has 2 nitrogen and oxygen atoms in total. The molecule has 1 atom stereocenters. The standard InChI is InChI=1S/C11H14BrNO/c1-11(5-2-6-13-11)9-4-3-8(12)7-10(9)14/h3-4,7,13-14H,2,5-6H2,1H3. The molecular formula is C11H14BrNO. The van der Waals surface area contributed by atoms with Crippen molar-refractivity contribution in [2.45, 2.75) is 25.3 Å². The van der Waals surface area contributed by atoms with Gasteiger partial charge in [-0.3, -0.25) is 0 Å². The maximum Gasteiger partial charge on any atom is 0.121 e. The average molecular weight is 256 g/mol. The van der Waals surface area contributed by atoms with Crippen LogP contribution in [-0.4, -0.2) is 11.7 Å². The Balaban J connectivity index is 2.40. The van der Waals surface area contributed by atoms with Crippen molar-refractivity contribution in [1.82, 2.24) is 5.32 Å². The van der Waals surface area contributed by atoms with E-state index in [0.29, 0.717) is 5.75 Å². The number of halogens is 1. The van der Waals surface area contributed by atoms with Gasteiger partial charge in [-0.15, -0.1) is 0 Å². The van der Waals surface area contributed by atoms with Crippen LogP contribution in [0.15, 0.2) is 22.7 Å². The second-order valence-electron chi connectivity index (χ2n) is 4.02. The largest absolute Gasteiger partial charge is 0.508 e. The lowest BCUT2D eigenvalue weighted by molar-refractivity contribution is 0.394. The van der Waals surface area contributed by atoms with E-state index in [9.17, 15) is 5.11 Å². The van der Waals surface area contributed by atoms with Crippen LogP contribution < -0.4 is 5.32 Å². The maximum atomic E-state index is 9.85. The summed E-state index contributed by atoms with van der Waals surface area (Å²) in [5.41, 5.74) is 0.948. The van der Waals surface area contributed by atoms with E-state index in [1.54, 1.807) is 6.07 Å². The van der Waals surface area contributed by atoms with Gasteiger partial charge in [0.25, 0.3) is 0 Å². The minimum absolute atomic E-state index is 0.0508. The van der Waals surface area contributed by atoms with Crippen molar-refractivity contribution in [2.24, 2.45) is 0 Å². The Bertz CT molecular complexity index is 345. The highest BCUT2D eigenvalue weighted by atomic mass is 79.9. The van der Waals surface area contributed by atoms with Gasteiger partial charge in [0.05, 0.1) is 0 Å².